The Morgan fingerprint density at radius 2 is 1.72 bits per heavy atom. The second-order valence-corrected chi connectivity index (χ2v) is 7.17. The first kappa shape index (κ1) is 19.0. The van der Waals surface area contributed by atoms with E-state index in [1.165, 1.54) is 24.0 Å². The third-order valence-electron chi connectivity index (χ3n) is 5.16. The molecular weight excluding hydrogens is 370 g/mol. The third kappa shape index (κ3) is 4.39. The van der Waals surface area contributed by atoms with Gasteiger partial charge in [-0.2, -0.15) is 5.10 Å². The highest BCUT2D eigenvalue weighted by Gasteiger charge is 2.16. The summed E-state index contributed by atoms with van der Waals surface area (Å²) in [4.78, 5) is 24.3. The first-order valence-corrected chi connectivity index (χ1v) is 9.73. The Hall–Kier alpha value is -3.35. The second-order valence-electron chi connectivity index (χ2n) is 7.17. The minimum Gasteiger partial charge on any atom is -0.454 e. The summed E-state index contributed by atoms with van der Waals surface area (Å²) in [7, 11) is 0. The standard InChI is InChI=1S/C22H23N3O4/c1-14(16-7-6-15-4-2-3-5-17(15)10-16)24-25-21(26)12-23-22(27)18-8-9-19-20(11-18)29-13-28-19/h6-11H,2-5,12-13H2,1H3,(H,23,27)(H,25,26)/b24-14+. The molecule has 0 saturated carbocycles. The lowest BCUT2D eigenvalue weighted by atomic mass is 9.90. The highest BCUT2D eigenvalue weighted by molar-refractivity contribution is 6.00. The van der Waals surface area contributed by atoms with E-state index in [1.54, 1.807) is 18.2 Å². The third-order valence-corrected chi connectivity index (χ3v) is 5.16. The molecule has 2 N–H and O–H groups in total. The Labute approximate surface area is 169 Å². The molecule has 0 saturated heterocycles. The van der Waals surface area contributed by atoms with Gasteiger partial charge in [-0.25, -0.2) is 5.43 Å². The molecule has 1 heterocycles. The summed E-state index contributed by atoms with van der Waals surface area (Å²) in [5, 5.41) is 6.75. The molecule has 0 bridgehead atoms. The molecular formula is C22H23N3O4. The largest absolute Gasteiger partial charge is 0.454 e. The van der Waals surface area contributed by atoms with Gasteiger partial charge in [0.15, 0.2) is 11.5 Å². The van der Waals surface area contributed by atoms with Crippen LogP contribution in [-0.4, -0.2) is 30.9 Å². The molecule has 7 nitrogen and oxygen atoms in total. The zero-order valence-corrected chi connectivity index (χ0v) is 16.3. The van der Waals surface area contributed by atoms with E-state index in [-0.39, 0.29) is 19.2 Å². The van der Waals surface area contributed by atoms with Crippen molar-refractivity contribution >= 4 is 17.5 Å². The Kier molecular flexibility index (Phi) is 5.46. The Morgan fingerprint density at radius 3 is 2.59 bits per heavy atom. The van der Waals surface area contributed by atoms with Crippen molar-refractivity contribution in [3.63, 3.8) is 0 Å². The van der Waals surface area contributed by atoms with E-state index in [9.17, 15) is 9.59 Å². The van der Waals surface area contributed by atoms with Crippen molar-refractivity contribution in [2.75, 3.05) is 13.3 Å². The number of ether oxygens (including phenoxy) is 2. The van der Waals surface area contributed by atoms with Crippen LogP contribution < -0.4 is 20.2 Å². The van der Waals surface area contributed by atoms with Gasteiger partial charge in [0.05, 0.1) is 12.3 Å². The number of nitrogens with one attached hydrogen (secondary N) is 2. The number of rotatable bonds is 5. The summed E-state index contributed by atoms with van der Waals surface area (Å²) in [5.41, 5.74) is 7.40. The molecule has 0 unspecified atom stereocenters. The van der Waals surface area contributed by atoms with Crippen LogP contribution in [-0.2, 0) is 17.6 Å². The van der Waals surface area contributed by atoms with Gasteiger partial charge >= 0.3 is 0 Å². The molecule has 0 fully saturated rings. The van der Waals surface area contributed by atoms with Crippen LogP contribution in [0.1, 0.15) is 46.8 Å². The number of amides is 2. The van der Waals surface area contributed by atoms with Gasteiger partial charge < -0.3 is 14.8 Å². The molecule has 0 radical (unpaired) electrons. The number of hydrogen-bond donors (Lipinski definition) is 2. The fourth-order valence-electron chi connectivity index (χ4n) is 3.51. The SMILES string of the molecule is C/C(=N\NC(=O)CNC(=O)c1ccc2c(c1)OCO2)c1ccc2c(c1)CCCC2. The van der Waals surface area contributed by atoms with Crippen LogP contribution >= 0.6 is 0 Å². The van der Waals surface area contributed by atoms with Gasteiger partial charge in [0, 0.05) is 5.56 Å². The topological polar surface area (TPSA) is 89.0 Å². The molecule has 0 aromatic heterocycles. The van der Waals surface area contributed by atoms with Crippen molar-refractivity contribution in [3.8, 4) is 11.5 Å². The summed E-state index contributed by atoms with van der Waals surface area (Å²) in [6.45, 7) is 1.83. The molecule has 2 amide bonds. The summed E-state index contributed by atoms with van der Waals surface area (Å²) < 4.78 is 10.5. The lowest BCUT2D eigenvalue weighted by Crippen LogP contribution is -2.35. The number of hydrogen-bond acceptors (Lipinski definition) is 5. The van der Waals surface area contributed by atoms with E-state index in [2.05, 4.69) is 28.0 Å². The maximum atomic E-state index is 12.2. The zero-order valence-electron chi connectivity index (χ0n) is 16.3. The summed E-state index contributed by atoms with van der Waals surface area (Å²) >= 11 is 0. The van der Waals surface area contributed by atoms with Gasteiger partial charge in [-0.15, -0.1) is 0 Å². The number of nitrogens with zero attached hydrogens (tertiary/aromatic N) is 1. The highest BCUT2D eigenvalue weighted by atomic mass is 16.7. The lowest BCUT2D eigenvalue weighted by molar-refractivity contribution is -0.120. The summed E-state index contributed by atoms with van der Waals surface area (Å²) in [6, 6.07) is 11.2. The van der Waals surface area contributed by atoms with Gasteiger partial charge in [0.2, 0.25) is 6.79 Å². The minimum atomic E-state index is -0.392. The number of aryl methyl sites for hydroxylation is 2. The predicted molar refractivity (Wildman–Crippen MR) is 108 cm³/mol. The number of hydrazone groups is 1. The van der Waals surface area contributed by atoms with Gasteiger partial charge in [-0.3, -0.25) is 9.59 Å². The quantitative estimate of drug-likeness (QED) is 0.604. The fourth-order valence-corrected chi connectivity index (χ4v) is 3.51. The van der Waals surface area contributed by atoms with E-state index < -0.39 is 5.91 Å². The Balaban J connectivity index is 1.31. The first-order chi connectivity index (χ1) is 14.1. The summed E-state index contributed by atoms with van der Waals surface area (Å²) in [6.07, 6.45) is 4.68. The molecule has 0 spiro atoms. The maximum Gasteiger partial charge on any atom is 0.259 e. The molecule has 0 atom stereocenters. The number of fused-ring (bicyclic) bond motifs is 2. The monoisotopic (exact) mass is 393 g/mol. The normalized spacial score (nSPS) is 14.9. The molecule has 2 aromatic carbocycles. The average Bonchev–Trinajstić information content (AvgIpc) is 3.23. The minimum absolute atomic E-state index is 0.143. The Bertz CT molecular complexity index is 984. The van der Waals surface area contributed by atoms with E-state index in [1.807, 2.05) is 13.0 Å². The maximum absolute atomic E-state index is 12.2. The predicted octanol–water partition coefficient (Wildman–Crippen LogP) is 2.56. The fraction of sp³-hybridized carbons (Fsp3) is 0.318. The molecule has 29 heavy (non-hydrogen) atoms. The molecule has 2 aliphatic rings. The molecule has 150 valence electrons. The first-order valence-electron chi connectivity index (χ1n) is 9.73. The van der Waals surface area contributed by atoms with Crippen molar-refractivity contribution in [1.82, 2.24) is 10.7 Å². The second kappa shape index (κ2) is 8.34. The van der Waals surface area contributed by atoms with Crippen molar-refractivity contribution in [1.29, 1.82) is 0 Å². The number of carbonyl (C=O) groups excluding carboxylic acids is 2. The molecule has 4 rings (SSSR count). The Morgan fingerprint density at radius 1 is 0.966 bits per heavy atom. The van der Waals surface area contributed by atoms with Crippen molar-refractivity contribution in [2.45, 2.75) is 32.6 Å². The molecule has 7 heteroatoms. The van der Waals surface area contributed by atoms with Gasteiger partial charge in [0.1, 0.15) is 0 Å². The van der Waals surface area contributed by atoms with Gasteiger partial charge in [0.25, 0.3) is 11.8 Å². The zero-order chi connectivity index (χ0) is 20.2. The van der Waals surface area contributed by atoms with E-state index in [0.717, 1.165) is 24.1 Å². The van der Waals surface area contributed by atoms with Crippen LogP contribution in [0.15, 0.2) is 41.5 Å². The molecule has 2 aromatic rings. The lowest BCUT2D eigenvalue weighted by Gasteiger charge is -2.16. The average molecular weight is 393 g/mol. The highest BCUT2D eigenvalue weighted by Crippen LogP contribution is 2.32. The smallest absolute Gasteiger partial charge is 0.259 e. The van der Waals surface area contributed by atoms with E-state index in [4.69, 9.17) is 9.47 Å². The molecule has 1 aliphatic heterocycles. The van der Waals surface area contributed by atoms with Gasteiger partial charge in [-0.05, 0) is 73.6 Å². The van der Waals surface area contributed by atoms with Crippen LogP contribution in [0.4, 0.5) is 0 Å². The van der Waals surface area contributed by atoms with Crippen molar-refractivity contribution < 1.29 is 19.1 Å². The number of carbonyl (C=O) groups is 2. The van der Waals surface area contributed by atoms with E-state index >= 15 is 0 Å². The summed E-state index contributed by atoms with van der Waals surface area (Å²) in [5.74, 6) is 0.365. The van der Waals surface area contributed by atoms with Crippen molar-refractivity contribution in [3.05, 3.63) is 58.7 Å². The van der Waals surface area contributed by atoms with Crippen molar-refractivity contribution in [2.24, 2.45) is 5.10 Å². The van der Waals surface area contributed by atoms with Crippen LogP contribution in [0.25, 0.3) is 0 Å². The van der Waals surface area contributed by atoms with Crippen LogP contribution in [0, 0.1) is 0 Å². The van der Waals surface area contributed by atoms with Gasteiger partial charge in [-0.1, -0.05) is 12.1 Å². The van der Waals surface area contributed by atoms with Crippen LogP contribution in [0.3, 0.4) is 0 Å². The van der Waals surface area contributed by atoms with Crippen LogP contribution in [0.5, 0.6) is 11.5 Å². The number of benzene rings is 2. The van der Waals surface area contributed by atoms with E-state index in [0.29, 0.717) is 17.1 Å². The van der Waals surface area contributed by atoms with Crippen LogP contribution in [0.2, 0.25) is 0 Å². The molecule has 1 aliphatic carbocycles.